The molecule has 2 aliphatic heterocycles. The maximum Gasteiger partial charge on any atom is 0.299 e. The number of hydrogen-bond donors (Lipinski definition) is 2. The van der Waals surface area contributed by atoms with Crippen LogP contribution < -0.4 is 15.1 Å². The summed E-state index contributed by atoms with van der Waals surface area (Å²) in [7, 11) is 0. The van der Waals surface area contributed by atoms with Gasteiger partial charge in [0.15, 0.2) is 0 Å². The molecule has 3 aromatic carbocycles. The summed E-state index contributed by atoms with van der Waals surface area (Å²) in [5.74, 6) is -1.36. The van der Waals surface area contributed by atoms with Crippen LogP contribution in [0.5, 0.6) is 0 Å². The highest BCUT2D eigenvalue weighted by Crippen LogP contribution is 2.32. The second kappa shape index (κ2) is 10.3. The number of nitrogens with one attached hydrogen (secondary N) is 1. The Morgan fingerprint density at radius 2 is 1.76 bits per heavy atom. The average molecular weight is 516 g/mol. The van der Waals surface area contributed by atoms with Crippen molar-refractivity contribution in [1.29, 1.82) is 0 Å². The van der Waals surface area contributed by atoms with Crippen LogP contribution >= 0.6 is 11.6 Å². The van der Waals surface area contributed by atoms with Crippen LogP contribution in [0.3, 0.4) is 0 Å². The fourth-order valence-corrected chi connectivity index (χ4v) is 4.91. The first kappa shape index (κ1) is 24.9. The van der Waals surface area contributed by atoms with Crippen molar-refractivity contribution < 1.29 is 19.5 Å². The minimum absolute atomic E-state index is 0.0526. The van der Waals surface area contributed by atoms with E-state index in [2.05, 4.69) is 5.32 Å². The normalized spacial score (nSPS) is 19.9. The number of carbonyl (C=O) groups is 3. The maximum absolute atomic E-state index is 13.3. The van der Waals surface area contributed by atoms with Crippen LogP contribution in [0.25, 0.3) is 6.08 Å². The second-order valence-electron chi connectivity index (χ2n) is 9.23. The van der Waals surface area contributed by atoms with Crippen LogP contribution in [0.1, 0.15) is 21.5 Å². The van der Waals surface area contributed by atoms with Gasteiger partial charge < -0.3 is 14.9 Å². The van der Waals surface area contributed by atoms with E-state index in [1.807, 2.05) is 55.5 Å². The summed E-state index contributed by atoms with van der Waals surface area (Å²) in [5.41, 5.74) is 3.46. The van der Waals surface area contributed by atoms with E-state index in [-0.39, 0.29) is 25.1 Å². The summed E-state index contributed by atoms with van der Waals surface area (Å²) in [6, 6.07) is 20.5. The maximum atomic E-state index is 13.3. The number of ketones is 1. The standard InChI is InChI=1S/C29H26ClN3O4/c1-18-7-13-24-23(15-18)27(35)29(37)32(24)16-21(17-34)31-26-25(14-8-19-5-3-2-4-6-19)33(28(26)36)22-11-9-20(30)10-12-22/h2-15,21,25-26,31,34H,16-17H2,1H3/b14-8+/t21?,25-,26+/m0/s1. The number of rotatable bonds is 8. The summed E-state index contributed by atoms with van der Waals surface area (Å²) >= 11 is 6.04. The molecule has 37 heavy (non-hydrogen) atoms. The van der Waals surface area contributed by atoms with Crippen LogP contribution in [-0.4, -0.2) is 54.0 Å². The average Bonchev–Trinajstić information content (AvgIpc) is 3.14. The van der Waals surface area contributed by atoms with Gasteiger partial charge in [0.1, 0.15) is 6.04 Å². The molecule has 1 fully saturated rings. The number of aryl methyl sites for hydroxylation is 1. The Hall–Kier alpha value is -3.78. The largest absolute Gasteiger partial charge is 0.395 e. The lowest BCUT2D eigenvalue weighted by atomic mass is 9.91. The molecule has 5 rings (SSSR count). The molecule has 3 atom stereocenters. The minimum Gasteiger partial charge on any atom is -0.395 e. The molecule has 2 N–H and O–H groups in total. The van der Waals surface area contributed by atoms with Gasteiger partial charge in [-0.05, 0) is 48.9 Å². The SMILES string of the molecule is Cc1ccc2c(c1)C(=O)C(=O)N2CC(CO)N[C@H]1C(=O)N(c2ccc(Cl)cc2)[C@H]1/C=C/c1ccccc1. The molecule has 0 spiro atoms. The van der Waals surface area contributed by atoms with Crippen LogP contribution in [0.4, 0.5) is 11.4 Å². The van der Waals surface area contributed by atoms with E-state index in [0.717, 1.165) is 11.1 Å². The minimum atomic E-state index is -0.635. The number of halogens is 1. The van der Waals surface area contributed by atoms with E-state index in [4.69, 9.17) is 11.6 Å². The highest BCUT2D eigenvalue weighted by molar-refractivity contribution is 6.52. The summed E-state index contributed by atoms with van der Waals surface area (Å²) in [6.45, 7) is 1.59. The van der Waals surface area contributed by atoms with Crippen molar-refractivity contribution in [3.05, 3.63) is 101 Å². The van der Waals surface area contributed by atoms with Crippen molar-refractivity contribution >= 4 is 46.6 Å². The van der Waals surface area contributed by atoms with Gasteiger partial charge >= 0.3 is 0 Å². The van der Waals surface area contributed by atoms with E-state index in [0.29, 0.717) is 22.0 Å². The van der Waals surface area contributed by atoms with Gasteiger partial charge in [0.2, 0.25) is 5.91 Å². The first-order valence-corrected chi connectivity index (χ1v) is 12.4. The fourth-order valence-electron chi connectivity index (χ4n) is 4.78. The lowest BCUT2D eigenvalue weighted by molar-refractivity contribution is -0.126. The number of anilines is 2. The van der Waals surface area contributed by atoms with Crippen LogP contribution in [-0.2, 0) is 9.59 Å². The number of aliphatic hydroxyl groups excluding tert-OH is 1. The first-order valence-electron chi connectivity index (χ1n) is 12.0. The third-order valence-corrected chi connectivity index (χ3v) is 6.95. The van der Waals surface area contributed by atoms with Crippen LogP contribution in [0.2, 0.25) is 5.02 Å². The Bertz CT molecular complexity index is 1370. The highest BCUT2D eigenvalue weighted by Gasteiger charge is 2.48. The topological polar surface area (TPSA) is 90.0 Å². The Balaban J connectivity index is 1.38. The van der Waals surface area contributed by atoms with Gasteiger partial charge in [-0.25, -0.2) is 0 Å². The summed E-state index contributed by atoms with van der Waals surface area (Å²) in [5, 5.41) is 14.0. The zero-order chi connectivity index (χ0) is 26.1. The number of hydrogen-bond acceptors (Lipinski definition) is 5. The van der Waals surface area contributed by atoms with E-state index in [1.54, 1.807) is 41.3 Å². The Morgan fingerprint density at radius 3 is 2.46 bits per heavy atom. The van der Waals surface area contributed by atoms with Crippen molar-refractivity contribution in [3.8, 4) is 0 Å². The van der Waals surface area contributed by atoms with Gasteiger partial charge in [-0.2, -0.15) is 0 Å². The van der Waals surface area contributed by atoms with E-state index < -0.39 is 23.8 Å². The molecule has 3 aromatic rings. The quantitative estimate of drug-likeness (QED) is 0.353. The Morgan fingerprint density at radius 1 is 1.03 bits per heavy atom. The number of aliphatic hydroxyl groups is 1. The predicted molar refractivity (Wildman–Crippen MR) is 144 cm³/mol. The number of benzene rings is 3. The lowest BCUT2D eigenvalue weighted by Gasteiger charge is -2.47. The molecule has 0 aliphatic carbocycles. The molecule has 2 aliphatic rings. The van der Waals surface area contributed by atoms with Crippen LogP contribution in [0.15, 0.2) is 78.9 Å². The van der Waals surface area contributed by atoms with Gasteiger partial charge in [-0.1, -0.05) is 65.7 Å². The molecule has 0 radical (unpaired) electrons. The molecule has 7 nitrogen and oxygen atoms in total. The highest BCUT2D eigenvalue weighted by atomic mass is 35.5. The van der Waals surface area contributed by atoms with E-state index in [1.165, 1.54) is 4.90 Å². The fraction of sp³-hybridized carbons (Fsp3) is 0.207. The van der Waals surface area contributed by atoms with Gasteiger partial charge in [0.25, 0.3) is 11.7 Å². The molecular formula is C29H26ClN3O4. The molecule has 0 bridgehead atoms. The molecule has 0 saturated carbocycles. The van der Waals surface area contributed by atoms with Crippen molar-refractivity contribution in [2.24, 2.45) is 0 Å². The van der Waals surface area contributed by atoms with Crippen molar-refractivity contribution in [1.82, 2.24) is 5.32 Å². The number of β-lactam (4-membered cyclic amide) rings is 1. The third-order valence-electron chi connectivity index (χ3n) is 6.70. The summed E-state index contributed by atoms with van der Waals surface area (Å²) in [6.07, 6.45) is 3.89. The molecule has 1 unspecified atom stereocenters. The first-order chi connectivity index (χ1) is 17.9. The van der Waals surface area contributed by atoms with Gasteiger partial charge in [0, 0.05) is 23.3 Å². The van der Waals surface area contributed by atoms with E-state index in [9.17, 15) is 19.5 Å². The Labute approximate surface area is 220 Å². The third kappa shape index (κ3) is 4.81. The number of carbonyl (C=O) groups excluding carboxylic acids is 3. The molecule has 188 valence electrons. The number of nitrogens with zero attached hydrogens (tertiary/aromatic N) is 2. The van der Waals surface area contributed by atoms with Gasteiger partial charge in [-0.3, -0.25) is 19.7 Å². The number of fused-ring (bicyclic) bond motifs is 1. The molecule has 1 saturated heterocycles. The Kier molecular flexibility index (Phi) is 6.93. The van der Waals surface area contributed by atoms with Crippen molar-refractivity contribution in [3.63, 3.8) is 0 Å². The number of amides is 2. The lowest BCUT2D eigenvalue weighted by Crippen LogP contribution is -2.72. The number of Topliss-reactive ketones (excluding diaryl/α,β-unsaturated/α-hetero) is 1. The molecule has 8 heteroatoms. The summed E-state index contributed by atoms with van der Waals surface area (Å²) < 4.78 is 0. The molecule has 0 aromatic heterocycles. The summed E-state index contributed by atoms with van der Waals surface area (Å²) in [4.78, 5) is 41.6. The van der Waals surface area contributed by atoms with Crippen LogP contribution in [0, 0.1) is 6.92 Å². The predicted octanol–water partition coefficient (Wildman–Crippen LogP) is 3.63. The second-order valence-corrected chi connectivity index (χ2v) is 9.67. The smallest absolute Gasteiger partial charge is 0.299 e. The monoisotopic (exact) mass is 515 g/mol. The van der Waals surface area contributed by atoms with Gasteiger partial charge in [-0.15, -0.1) is 0 Å². The van der Waals surface area contributed by atoms with E-state index >= 15 is 0 Å². The molecule has 2 heterocycles. The molecular weight excluding hydrogens is 490 g/mol. The molecule has 2 amide bonds. The van der Waals surface area contributed by atoms with Crippen molar-refractivity contribution in [2.45, 2.75) is 25.0 Å². The zero-order valence-corrected chi connectivity index (χ0v) is 20.9. The zero-order valence-electron chi connectivity index (χ0n) is 20.2. The van der Waals surface area contributed by atoms with Crippen molar-refractivity contribution in [2.75, 3.05) is 23.0 Å². The van der Waals surface area contributed by atoms with Gasteiger partial charge in [0.05, 0.1) is 23.9 Å².